The Hall–Kier alpha value is -5.10. The van der Waals surface area contributed by atoms with Gasteiger partial charge in [0.2, 0.25) is 0 Å². The zero-order valence-corrected chi connectivity index (χ0v) is 28.3. The largest absolute Gasteiger partial charge is 0.497 e. The van der Waals surface area contributed by atoms with Crippen LogP contribution in [0.1, 0.15) is 71.9 Å². The first-order valence-corrected chi connectivity index (χ1v) is 15.9. The Kier molecular flexibility index (Phi) is 10.00. The number of hydrogen-bond donors (Lipinski definition) is 0. The second-order valence-corrected chi connectivity index (χ2v) is 12.9. The van der Waals surface area contributed by atoms with E-state index in [4.69, 9.17) is 14.2 Å². The van der Waals surface area contributed by atoms with Gasteiger partial charge in [0.15, 0.2) is 0 Å². The Morgan fingerprint density at radius 1 is 0.787 bits per heavy atom. The highest BCUT2D eigenvalue weighted by Crippen LogP contribution is 2.36. The molecule has 0 saturated heterocycles. The molecule has 6 heteroatoms. The van der Waals surface area contributed by atoms with Crippen molar-refractivity contribution in [1.29, 1.82) is 0 Å². The molecule has 47 heavy (non-hydrogen) atoms. The predicted molar refractivity (Wildman–Crippen MR) is 188 cm³/mol. The minimum Gasteiger partial charge on any atom is -0.497 e. The standard InChI is InChI=1S/C41H43NO5/c1-27-20-21-35(28(2)38(27)39(43)46-26-30-14-9-8-10-15-30)37-23-31(22-33-16-11-12-19-36(33)37)25-42(40(44)47-41(4,5)6)29(3)32-17-13-18-34(24-32)45-7/h8-24,29H,25-26H2,1-7H3/t29-/m1/s1. The summed E-state index contributed by atoms with van der Waals surface area (Å²) in [6.07, 6.45) is -0.405. The van der Waals surface area contributed by atoms with Gasteiger partial charge in [-0.2, -0.15) is 0 Å². The molecule has 242 valence electrons. The van der Waals surface area contributed by atoms with Gasteiger partial charge in [-0.25, -0.2) is 9.59 Å². The molecule has 0 unspecified atom stereocenters. The van der Waals surface area contributed by atoms with Crippen LogP contribution >= 0.6 is 0 Å². The van der Waals surface area contributed by atoms with Crippen LogP contribution < -0.4 is 4.74 Å². The normalized spacial score (nSPS) is 12.0. The maximum Gasteiger partial charge on any atom is 0.411 e. The van der Waals surface area contributed by atoms with Gasteiger partial charge in [0.05, 0.1) is 18.7 Å². The quantitative estimate of drug-likeness (QED) is 0.152. The van der Waals surface area contributed by atoms with Gasteiger partial charge in [-0.1, -0.05) is 78.9 Å². The van der Waals surface area contributed by atoms with Crippen LogP contribution in [-0.2, 0) is 22.6 Å². The topological polar surface area (TPSA) is 65.1 Å². The average molecular weight is 630 g/mol. The number of nitrogens with zero attached hydrogens (tertiary/aromatic N) is 1. The molecule has 0 aliphatic rings. The van der Waals surface area contributed by atoms with Crippen LogP contribution in [0.2, 0.25) is 0 Å². The first-order valence-electron chi connectivity index (χ1n) is 15.9. The molecule has 0 saturated carbocycles. The monoisotopic (exact) mass is 629 g/mol. The molecular formula is C41H43NO5. The minimum atomic E-state index is -0.664. The van der Waals surface area contributed by atoms with Crippen molar-refractivity contribution in [3.05, 3.63) is 137 Å². The lowest BCUT2D eigenvalue weighted by Gasteiger charge is -2.32. The van der Waals surface area contributed by atoms with Gasteiger partial charge in [0.1, 0.15) is 18.0 Å². The minimum absolute atomic E-state index is 0.202. The SMILES string of the molecule is COc1cccc([C@@H](C)N(Cc2cc(-c3ccc(C)c(C(=O)OCc4ccccc4)c3C)c3ccccc3c2)C(=O)OC(C)(C)C)c1. The molecule has 0 spiro atoms. The van der Waals surface area contributed by atoms with Crippen LogP contribution in [0.4, 0.5) is 4.79 Å². The number of benzene rings is 5. The molecule has 0 aliphatic heterocycles. The van der Waals surface area contributed by atoms with Gasteiger partial charge in [0, 0.05) is 6.54 Å². The zero-order chi connectivity index (χ0) is 33.7. The first kappa shape index (κ1) is 33.3. The summed E-state index contributed by atoms with van der Waals surface area (Å²) in [6, 6.07) is 33.6. The number of methoxy groups -OCH3 is 1. The van der Waals surface area contributed by atoms with E-state index < -0.39 is 11.7 Å². The molecule has 0 fully saturated rings. The Balaban J connectivity index is 1.56. The number of amides is 1. The van der Waals surface area contributed by atoms with Crippen molar-refractivity contribution in [3.8, 4) is 16.9 Å². The summed E-state index contributed by atoms with van der Waals surface area (Å²) < 4.78 is 17.2. The molecule has 0 heterocycles. The Morgan fingerprint density at radius 3 is 2.23 bits per heavy atom. The van der Waals surface area contributed by atoms with Crippen molar-refractivity contribution in [2.24, 2.45) is 0 Å². The number of hydrogen-bond acceptors (Lipinski definition) is 5. The molecule has 0 N–H and O–H groups in total. The van der Waals surface area contributed by atoms with E-state index in [0.717, 1.165) is 55.5 Å². The number of ether oxygens (including phenoxy) is 3. The summed E-state index contributed by atoms with van der Waals surface area (Å²) in [5, 5.41) is 2.09. The average Bonchev–Trinajstić information content (AvgIpc) is 3.05. The molecule has 1 amide bonds. The van der Waals surface area contributed by atoms with Crippen molar-refractivity contribution < 1.29 is 23.8 Å². The third-order valence-electron chi connectivity index (χ3n) is 8.33. The van der Waals surface area contributed by atoms with Gasteiger partial charge < -0.3 is 14.2 Å². The molecule has 5 aromatic carbocycles. The fourth-order valence-corrected chi connectivity index (χ4v) is 5.89. The van der Waals surface area contributed by atoms with Crippen LogP contribution in [-0.4, -0.2) is 29.7 Å². The molecular weight excluding hydrogens is 586 g/mol. The maximum atomic E-state index is 13.7. The number of carbonyl (C=O) groups is 2. The fraction of sp³-hybridized carbons (Fsp3) is 0.268. The summed E-state index contributed by atoms with van der Waals surface area (Å²) in [5.41, 5.74) is 6.32. The van der Waals surface area contributed by atoms with E-state index in [1.165, 1.54) is 0 Å². The van der Waals surface area contributed by atoms with E-state index in [1.807, 2.05) is 114 Å². The van der Waals surface area contributed by atoms with Crippen molar-refractivity contribution in [3.63, 3.8) is 0 Å². The summed E-state index contributed by atoms with van der Waals surface area (Å²) in [6.45, 7) is 12.0. The summed E-state index contributed by atoms with van der Waals surface area (Å²) >= 11 is 0. The lowest BCUT2D eigenvalue weighted by Crippen LogP contribution is -2.38. The number of esters is 1. The Morgan fingerprint density at radius 2 is 1.51 bits per heavy atom. The fourth-order valence-electron chi connectivity index (χ4n) is 5.89. The van der Waals surface area contributed by atoms with E-state index in [0.29, 0.717) is 12.1 Å². The molecule has 0 aliphatic carbocycles. The number of carbonyl (C=O) groups excluding carboxylic acids is 2. The zero-order valence-electron chi connectivity index (χ0n) is 28.3. The van der Waals surface area contributed by atoms with Gasteiger partial charge >= 0.3 is 12.1 Å². The highest BCUT2D eigenvalue weighted by atomic mass is 16.6. The van der Waals surface area contributed by atoms with Gasteiger partial charge in [-0.3, -0.25) is 4.90 Å². The Labute approximate surface area is 277 Å². The van der Waals surface area contributed by atoms with E-state index in [1.54, 1.807) is 12.0 Å². The number of rotatable bonds is 9. The van der Waals surface area contributed by atoms with Gasteiger partial charge in [-0.05, 0) is 116 Å². The van der Waals surface area contributed by atoms with Gasteiger partial charge in [0.25, 0.3) is 0 Å². The third-order valence-corrected chi connectivity index (χ3v) is 8.33. The highest BCUT2D eigenvalue weighted by Gasteiger charge is 2.28. The van der Waals surface area contributed by atoms with Crippen LogP contribution in [0.15, 0.2) is 103 Å². The molecule has 5 aromatic rings. The molecule has 5 rings (SSSR count). The van der Waals surface area contributed by atoms with Crippen molar-refractivity contribution in [2.75, 3.05) is 7.11 Å². The Bertz CT molecular complexity index is 1890. The second-order valence-electron chi connectivity index (χ2n) is 12.9. The predicted octanol–water partition coefficient (Wildman–Crippen LogP) is 9.99. The molecule has 1 atom stereocenters. The van der Waals surface area contributed by atoms with Crippen molar-refractivity contribution >= 4 is 22.8 Å². The van der Waals surface area contributed by atoms with Crippen LogP contribution in [0.5, 0.6) is 5.75 Å². The van der Waals surface area contributed by atoms with Crippen LogP contribution in [0, 0.1) is 13.8 Å². The van der Waals surface area contributed by atoms with Crippen LogP contribution in [0.25, 0.3) is 21.9 Å². The molecule has 6 nitrogen and oxygen atoms in total. The number of aryl methyl sites for hydroxylation is 1. The van der Waals surface area contributed by atoms with E-state index in [9.17, 15) is 9.59 Å². The maximum absolute atomic E-state index is 13.7. The highest BCUT2D eigenvalue weighted by molar-refractivity contribution is 6.01. The summed E-state index contributed by atoms with van der Waals surface area (Å²) in [5.74, 6) is 0.369. The van der Waals surface area contributed by atoms with Crippen molar-refractivity contribution in [1.82, 2.24) is 4.90 Å². The smallest absolute Gasteiger partial charge is 0.411 e. The summed E-state index contributed by atoms with van der Waals surface area (Å²) in [4.78, 5) is 29.0. The van der Waals surface area contributed by atoms with Crippen LogP contribution in [0.3, 0.4) is 0 Å². The lowest BCUT2D eigenvalue weighted by molar-refractivity contribution is 0.0152. The van der Waals surface area contributed by atoms with E-state index >= 15 is 0 Å². The molecule has 0 bridgehead atoms. The summed E-state index contributed by atoms with van der Waals surface area (Å²) in [7, 11) is 1.63. The molecule has 0 aromatic heterocycles. The van der Waals surface area contributed by atoms with E-state index in [2.05, 4.69) is 30.3 Å². The number of fused-ring (bicyclic) bond motifs is 1. The van der Waals surface area contributed by atoms with E-state index in [-0.39, 0.29) is 18.6 Å². The second kappa shape index (κ2) is 14.1. The first-order chi connectivity index (χ1) is 22.4. The molecule has 0 radical (unpaired) electrons. The van der Waals surface area contributed by atoms with Gasteiger partial charge in [-0.15, -0.1) is 0 Å². The third kappa shape index (κ3) is 7.83. The lowest BCUT2D eigenvalue weighted by atomic mass is 9.89. The van der Waals surface area contributed by atoms with Crippen molar-refractivity contribution in [2.45, 2.75) is 66.3 Å².